The topological polar surface area (TPSA) is 153 Å². The molecule has 0 bridgehead atoms. The van der Waals surface area contributed by atoms with E-state index in [4.69, 9.17) is 0 Å². The van der Waals surface area contributed by atoms with E-state index in [1.165, 1.54) is 0 Å². The Morgan fingerprint density at radius 3 is 1.58 bits per heavy atom. The second-order valence-electron chi connectivity index (χ2n) is 1.60. The van der Waals surface area contributed by atoms with Gasteiger partial charge in [-0.2, -0.15) is 0 Å². The monoisotopic (exact) mass is 198 g/mol. The number of nitrogens with one attached hydrogen (secondary N) is 2. The van der Waals surface area contributed by atoms with E-state index >= 15 is 0 Å². The molecule has 1 aliphatic rings. The predicted octanol–water partition coefficient (Wildman–Crippen LogP) is -3.57. The number of carbonyl (C=O) groups is 2. The average Bonchev–Trinajstić information content (AvgIpc) is 1.59. The molecular formula is C4H10N2O5S. The molecule has 0 aromatic carbocycles. The van der Waals surface area contributed by atoms with Crippen LogP contribution in [0.25, 0.3) is 0 Å². The second-order valence-corrected chi connectivity index (χ2v) is 2.01. The van der Waals surface area contributed by atoms with Gasteiger partial charge in [0.05, 0.1) is 0 Å². The van der Waals surface area contributed by atoms with Gasteiger partial charge in [0.15, 0.2) is 5.11 Å². The standard InChI is InChI=1S/C4H4N2O2S.3H2O/c7-2-1-3(8)6-4(9)5-2;;;/h1H2,(H2,5,6,7,8,9);3*1H2. The Labute approximate surface area is 73.1 Å². The van der Waals surface area contributed by atoms with Gasteiger partial charge in [-0.1, -0.05) is 0 Å². The third-order valence-corrected chi connectivity index (χ3v) is 1.03. The van der Waals surface area contributed by atoms with Gasteiger partial charge in [0.25, 0.3) is 0 Å². The number of thiocarbonyl (C=S) groups is 1. The Balaban J connectivity index is -0.000000270. The number of rotatable bonds is 0. The predicted molar refractivity (Wildman–Crippen MR) is 44.3 cm³/mol. The van der Waals surface area contributed by atoms with Gasteiger partial charge >= 0.3 is 0 Å². The minimum absolute atomic E-state index is 0. The Morgan fingerprint density at radius 1 is 1.00 bits per heavy atom. The van der Waals surface area contributed by atoms with Gasteiger partial charge < -0.3 is 27.1 Å². The molecule has 0 aliphatic carbocycles. The highest BCUT2D eigenvalue weighted by Crippen LogP contribution is 1.86. The van der Waals surface area contributed by atoms with E-state index in [0.29, 0.717) is 0 Å². The summed E-state index contributed by atoms with van der Waals surface area (Å²) >= 11 is 4.50. The lowest BCUT2D eigenvalue weighted by atomic mass is 10.3. The summed E-state index contributed by atoms with van der Waals surface area (Å²) in [5.41, 5.74) is 0. The lowest BCUT2D eigenvalue weighted by Crippen LogP contribution is -2.49. The smallest absolute Gasteiger partial charge is 0.235 e. The molecule has 1 saturated heterocycles. The molecule has 8 heteroatoms. The van der Waals surface area contributed by atoms with E-state index < -0.39 is 0 Å². The number of hydrogen-bond acceptors (Lipinski definition) is 3. The Kier molecular flexibility index (Phi) is 9.43. The molecule has 1 fully saturated rings. The zero-order valence-corrected chi connectivity index (χ0v) is 6.75. The van der Waals surface area contributed by atoms with Gasteiger partial charge in [-0.3, -0.25) is 9.59 Å². The van der Waals surface area contributed by atoms with Gasteiger partial charge in [-0.05, 0) is 12.2 Å². The van der Waals surface area contributed by atoms with Gasteiger partial charge in [0.1, 0.15) is 6.42 Å². The third-order valence-electron chi connectivity index (χ3n) is 0.827. The molecule has 0 aromatic heterocycles. The van der Waals surface area contributed by atoms with E-state index in [-0.39, 0.29) is 39.8 Å². The molecule has 2 amide bonds. The van der Waals surface area contributed by atoms with Gasteiger partial charge in [0, 0.05) is 0 Å². The first-order valence-electron chi connectivity index (χ1n) is 2.32. The summed E-state index contributed by atoms with van der Waals surface area (Å²) in [6.07, 6.45) is -0.125. The van der Waals surface area contributed by atoms with Crippen molar-refractivity contribution in [3.05, 3.63) is 0 Å². The van der Waals surface area contributed by atoms with Crippen molar-refractivity contribution in [1.29, 1.82) is 0 Å². The van der Waals surface area contributed by atoms with Crippen molar-refractivity contribution >= 4 is 29.1 Å². The second kappa shape index (κ2) is 6.61. The van der Waals surface area contributed by atoms with Crippen LogP contribution in [0.1, 0.15) is 6.42 Å². The number of hydrogen-bond donors (Lipinski definition) is 2. The Bertz CT molecular complexity index is 149. The van der Waals surface area contributed by atoms with Crippen LogP contribution in [-0.2, 0) is 9.59 Å². The summed E-state index contributed by atoms with van der Waals surface area (Å²) in [5.74, 6) is -0.687. The van der Waals surface area contributed by atoms with Crippen LogP contribution in [-0.4, -0.2) is 33.4 Å². The molecule has 8 N–H and O–H groups in total. The van der Waals surface area contributed by atoms with Crippen molar-refractivity contribution in [3.63, 3.8) is 0 Å². The van der Waals surface area contributed by atoms with Gasteiger partial charge in [0.2, 0.25) is 11.8 Å². The molecule has 1 heterocycles. The number of carbonyl (C=O) groups excluding carboxylic acids is 2. The normalized spacial score (nSPS) is 14.2. The quantitative estimate of drug-likeness (QED) is 0.305. The van der Waals surface area contributed by atoms with Gasteiger partial charge in [-0.25, -0.2) is 0 Å². The maximum atomic E-state index is 10.4. The van der Waals surface area contributed by atoms with Crippen molar-refractivity contribution in [3.8, 4) is 0 Å². The Hall–Kier alpha value is -1.09. The largest absolute Gasteiger partial charge is 0.412 e. The molecule has 0 radical (unpaired) electrons. The zero-order chi connectivity index (χ0) is 6.85. The molecule has 0 unspecified atom stereocenters. The molecule has 0 spiro atoms. The SMILES string of the molecule is O.O.O.O=C1CC(=O)NC(=S)N1. The number of amides is 2. The van der Waals surface area contributed by atoms with E-state index in [0.717, 1.165) is 0 Å². The van der Waals surface area contributed by atoms with E-state index in [2.05, 4.69) is 22.9 Å². The Morgan fingerprint density at radius 2 is 1.33 bits per heavy atom. The summed E-state index contributed by atoms with van der Waals surface area (Å²) < 4.78 is 0. The summed E-state index contributed by atoms with van der Waals surface area (Å²) in [6, 6.07) is 0. The minimum atomic E-state index is -0.344. The van der Waals surface area contributed by atoms with Crippen LogP contribution in [0.2, 0.25) is 0 Å². The molecule has 1 aliphatic heterocycles. The first-order valence-corrected chi connectivity index (χ1v) is 2.73. The van der Waals surface area contributed by atoms with Crippen molar-refractivity contribution in [2.45, 2.75) is 6.42 Å². The molecule has 0 atom stereocenters. The third kappa shape index (κ3) is 4.68. The van der Waals surface area contributed by atoms with Crippen molar-refractivity contribution < 1.29 is 26.0 Å². The molecule has 7 nitrogen and oxygen atoms in total. The van der Waals surface area contributed by atoms with E-state index in [1.54, 1.807) is 0 Å². The summed E-state index contributed by atoms with van der Waals surface area (Å²) in [7, 11) is 0. The molecule has 0 saturated carbocycles. The van der Waals surface area contributed by atoms with Crippen molar-refractivity contribution in [2.75, 3.05) is 0 Å². The summed E-state index contributed by atoms with van der Waals surface area (Å²) in [6.45, 7) is 0. The lowest BCUT2D eigenvalue weighted by molar-refractivity contribution is -0.129. The zero-order valence-electron chi connectivity index (χ0n) is 5.93. The first kappa shape index (κ1) is 17.1. The fraction of sp³-hybridized carbons (Fsp3) is 0.250. The summed E-state index contributed by atoms with van der Waals surface area (Å²) in [5, 5.41) is 4.63. The highest BCUT2D eigenvalue weighted by molar-refractivity contribution is 7.80. The highest BCUT2D eigenvalue weighted by Gasteiger charge is 2.17. The molecular weight excluding hydrogens is 188 g/mol. The average molecular weight is 198 g/mol. The van der Waals surface area contributed by atoms with Crippen LogP contribution < -0.4 is 10.6 Å². The van der Waals surface area contributed by atoms with Crippen LogP contribution in [0.3, 0.4) is 0 Å². The van der Waals surface area contributed by atoms with E-state index in [9.17, 15) is 9.59 Å². The fourth-order valence-corrected chi connectivity index (χ4v) is 0.746. The fourth-order valence-electron chi connectivity index (χ4n) is 0.519. The van der Waals surface area contributed by atoms with Crippen LogP contribution in [0.15, 0.2) is 0 Å². The van der Waals surface area contributed by atoms with Crippen LogP contribution >= 0.6 is 12.2 Å². The van der Waals surface area contributed by atoms with Crippen molar-refractivity contribution in [2.24, 2.45) is 0 Å². The lowest BCUT2D eigenvalue weighted by Gasteiger charge is -2.12. The molecule has 12 heavy (non-hydrogen) atoms. The van der Waals surface area contributed by atoms with Crippen LogP contribution in [0, 0.1) is 0 Å². The molecule has 1 rings (SSSR count). The van der Waals surface area contributed by atoms with Crippen LogP contribution in [0.5, 0.6) is 0 Å². The van der Waals surface area contributed by atoms with Crippen molar-refractivity contribution in [1.82, 2.24) is 10.6 Å². The maximum Gasteiger partial charge on any atom is 0.235 e. The van der Waals surface area contributed by atoms with Crippen LogP contribution in [0.4, 0.5) is 0 Å². The van der Waals surface area contributed by atoms with Gasteiger partial charge in [-0.15, -0.1) is 0 Å². The molecule has 72 valence electrons. The first-order chi connectivity index (χ1) is 4.18. The summed E-state index contributed by atoms with van der Waals surface area (Å²) in [4.78, 5) is 20.8. The maximum absolute atomic E-state index is 10.4. The highest BCUT2D eigenvalue weighted by atomic mass is 32.1. The van der Waals surface area contributed by atoms with E-state index in [1.807, 2.05) is 0 Å². The minimum Gasteiger partial charge on any atom is -0.412 e. The molecule has 0 aromatic rings.